The molecule has 1 aliphatic heterocycles. The first-order valence-electron chi connectivity index (χ1n) is 9.39. The number of carbonyl (C=O) groups is 3. The van der Waals surface area contributed by atoms with Gasteiger partial charge >= 0.3 is 6.03 Å². The van der Waals surface area contributed by atoms with Gasteiger partial charge in [0.15, 0.2) is 5.13 Å². The fraction of sp³-hybridized carbons (Fsp3) is 0.182. The van der Waals surface area contributed by atoms with Crippen LogP contribution in [-0.4, -0.2) is 34.3 Å². The highest BCUT2D eigenvalue weighted by atomic mass is 32.1. The van der Waals surface area contributed by atoms with Gasteiger partial charge in [-0.1, -0.05) is 60.2 Å². The van der Waals surface area contributed by atoms with Crippen molar-refractivity contribution in [3.05, 3.63) is 71.1 Å². The highest BCUT2D eigenvalue weighted by Crippen LogP contribution is 2.29. The molecular weight excluding hydrogens is 400 g/mol. The molecule has 0 aliphatic carbocycles. The van der Waals surface area contributed by atoms with Crippen LogP contribution in [0.5, 0.6) is 0 Å². The fourth-order valence-electron chi connectivity index (χ4n) is 3.30. The number of carbonyl (C=O) groups excluding carboxylic acids is 3. The summed E-state index contributed by atoms with van der Waals surface area (Å²) in [5, 5.41) is 7.62. The maximum absolute atomic E-state index is 12.9. The van der Waals surface area contributed by atoms with Crippen molar-refractivity contribution in [2.75, 3.05) is 11.9 Å². The Kier molecular flexibility index (Phi) is 5.09. The lowest BCUT2D eigenvalue weighted by atomic mass is 9.91. The van der Waals surface area contributed by atoms with Gasteiger partial charge in [0.25, 0.3) is 5.91 Å². The zero-order valence-corrected chi connectivity index (χ0v) is 17.3. The molecule has 8 heteroatoms. The summed E-state index contributed by atoms with van der Waals surface area (Å²) in [6, 6.07) is 16.4. The van der Waals surface area contributed by atoms with E-state index in [1.54, 1.807) is 19.1 Å². The molecule has 0 radical (unpaired) electrons. The van der Waals surface area contributed by atoms with Crippen molar-refractivity contribution in [3.8, 4) is 11.3 Å². The van der Waals surface area contributed by atoms with Crippen molar-refractivity contribution in [2.45, 2.75) is 19.4 Å². The van der Waals surface area contributed by atoms with E-state index in [-0.39, 0.29) is 6.54 Å². The smallest absolute Gasteiger partial charge is 0.319 e. The van der Waals surface area contributed by atoms with Crippen molar-refractivity contribution in [1.29, 1.82) is 0 Å². The van der Waals surface area contributed by atoms with Crippen LogP contribution in [0.4, 0.5) is 9.93 Å². The van der Waals surface area contributed by atoms with E-state index in [1.165, 1.54) is 11.3 Å². The van der Waals surface area contributed by atoms with E-state index in [2.05, 4.69) is 15.6 Å². The van der Waals surface area contributed by atoms with Crippen molar-refractivity contribution < 1.29 is 14.4 Å². The lowest BCUT2D eigenvalue weighted by Crippen LogP contribution is -2.42. The average molecular weight is 420 g/mol. The molecule has 0 saturated carbocycles. The molecule has 1 saturated heterocycles. The molecule has 1 aliphatic rings. The number of urea groups is 1. The van der Waals surface area contributed by atoms with Crippen molar-refractivity contribution >= 4 is 34.3 Å². The molecule has 4 rings (SSSR count). The Morgan fingerprint density at radius 2 is 1.83 bits per heavy atom. The molecule has 1 atom stereocenters. The topological polar surface area (TPSA) is 91.4 Å². The summed E-state index contributed by atoms with van der Waals surface area (Å²) < 4.78 is 0. The number of amides is 4. The molecule has 2 heterocycles. The molecule has 152 valence electrons. The Hall–Kier alpha value is -3.52. The number of benzene rings is 2. The number of nitrogens with zero attached hydrogens (tertiary/aromatic N) is 2. The first kappa shape index (κ1) is 19.8. The summed E-state index contributed by atoms with van der Waals surface area (Å²) >= 11 is 1.28. The summed E-state index contributed by atoms with van der Waals surface area (Å²) in [6.45, 7) is 3.20. The summed E-state index contributed by atoms with van der Waals surface area (Å²) in [6.07, 6.45) is 0. The number of hydrogen-bond donors (Lipinski definition) is 2. The predicted octanol–water partition coefficient (Wildman–Crippen LogP) is 3.52. The van der Waals surface area contributed by atoms with Crippen molar-refractivity contribution in [3.63, 3.8) is 0 Å². The van der Waals surface area contributed by atoms with Crippen molar-refractivity contribution in [1.82, 2.24) is 15.2 Å². The predicted molar refractivity (Wildman–Crippen MR) is 115 cm³/mol. The number of anilines is 1. The standard InChI is InChI=1S/C22H20N4O3S/c1-14-8-10-16(11-9-14)22(2)19(28)26(21(29)25-22)12-18(27)24-20-23-17(13-30-20)15-6-4-3-5-7-15/h3-11,13H,12H2,1-2H3,(H,25,29)(H,23,24,27). The Morgan fingerprint density at radius 1 is 1.13 bits per heavy atom. The summed E-state index contributed by atoms with van der Waals surface area (Å²) in [5.41, 5.74) is 2.21. The molecule has 0 spiro atoms. The molecule has 2 aromatic carbocycles. The van der Waals surface area contributed by atoms with E-state index in [0.717, 1.165) is 21.7 Å². The maximum Gasteiger partial charge on any atom is 0.325 e. The molecule has 30 heavy (non-hydrogen) atoms. The lowest BCUT2D eigenvalue weighted by molar-refractivity contribution is -0.133. The molecule has 4 amide bonds. The second-order valence-corrected chi connectivity index (χ2v) is 8.12. The summed E-state index contributed by atoms with van der Waals surface area (Å²) in [7, 11) is 0. The van der Waals surface area contributed by atoms with Gasteiger partial charge in [-0.25, -0.2) is 9.78 Å². The first-order valence-corrected chi connectivity index (χ1v) is 10.3. The Labute approximate surface area is 177 Å². The zero-order chi connectivity index (χ0) is 21.3. The zero-order valence-electron chi connectivity index (χ0n) is 16.5. The van der Waals surface area contributed by atoms with Gasteiger partial charge in [0, 0.05) is 10.9 Å². The Balaban J connectivity index is 1.45. The third-order valence-corrected chi connectivity index (χ3v) is 5.78. The fourth-order valence-corrected chi connectivity index (χ4v) is 4.03. The number of aryl methyl sites for hydroxylation is 1. The van der Waals surface area contributed by atoms with E-state index in [1.807, 2.05) is 54.8 Å². The Bertz CT molecular complexity index is 1110. The van der Waals surface area contributed by atoms with Gasteiger partial charge in [-0.05, 0) is 19.4 Å². The monoisotopic (exact) mass is 420 g/mol. The minimum atomic E-state index is -1.20. The number of rotatable bonds is 5. The van der Waals surface area contributed by atoms with Crippen molar-refractivity contribution in [2.24, 2.45) is 0 Å². The van der Waals surface area contributed by atoms with Crippen LogP contribution in [0.3, 0.4) is 0 Å². The van der Waals surface area contributed by atoms with E-state index >= 15 is 0 Å². The molecule has 1 aromatic heterocycles. The number of imide groups is 1. The van der Waals surface area contributed by atoms with Crippen LogP contribution in [0.15, 0.2) is 60.0 Å². The first-order chi connectivity index (χ1) is 14.4. The normalized spacial score (nSPS) is 18.4. The SMILES string of the molecule is Cc1ccc(C2(C)NC(=O)N(CC(=O)Nc3nc(-c4ccccc4)cs3)C2=O)cc1. The Morgan fingerprint density at radius 3 is 2.53 bits per heavy atom. The number of thiazole rings is 1. The average Bonchev–Trinajstić information content (AvgIpc) is 3.28. The van der Waals surface area contributed by atoms with E-state index in [9.17, 15) is 14.4 Å². The molecule has 2 N–H and O–H groups in total. The lowest BCUT2D eigenvalue weighted by Gasteiger charge is -2.22. The van der Waals surface area contributed by atoms with Gasteiger partial charge in [0.05, 0.1) is 5.69 Å². The maximum atomic E-state index is 12.9. The van der Waals surface area contributed by atoms with Crippen LogP contribution >= 0.6 is 11.3 Å². The van der Waals surface area contributed by atoms with Gasteiger partial charge in [-0.15, -0.1) is 11.3 Å². The van der Waals surface area contributed by atoms with Crippen LogP contribution in [0.2, 0.25) is 0 Å². The number of nitrogens with one attached hydrogen (secondary N) is 2. The highest BCUT2D eigenvalue weighted by molar-refractivity contribution is 7.14. The van der Waals surface area contributed by atoms with E-state index < -0.39 is 23.4 Å². The van der Waals surface area contributed by atoms with Crippen LogP contribution in [0.25, 0.3) is 11.3 Å². The minimum absolute atomic E-state index is 0.383. The molecule has 0 bridgehead atoms. The molecule has 1 fully saturated rings. The summed E-state index contributed by atoms with van der Waals surface area (Å²) in [5.74, 6) is -0.948. The molecule has 1 unspecified atom stereocenters. The summed E-state index contributed by atoms with van der Waals surface area (Å²) in [4.78, 5) is 43.2. The van der Waals surface area contributed by atoms with Gasteiger partial charge < -0.3 is 10.6 Å². The van der Waals surface area contributed by atoms with Crippen LogP contribution in [0.1, 0.15) is 18.1 Å². The second-order valence-electron chi connectivity index (χ2n) is 7.26. The minimum Gasteiger partial charge on any atom is -0.319 e. The van der Waals surface area contributed by atoms with Crippen LogP contribution < -0.4 is 10.6 Å². The largest absolute Gasteiger partial charge is 0.325 e. The van der Waals surface area contributed by atoms with Gasteiger partial charge in [-0.3, -0.25) is 14.5 Å². The second kappa shape index (κ2) is 7.72. The highest BCUT2D eigenvalue weighted by Gasteiger charge is 2.49. The van der Waals surface area contributed by atoms with E-state index in [0.29, 0.717) is 10.7 Å². The third-order valence-electron chi connectivity index (χ3n) is 5.03. The third kappa shape index (κ3) is 3.69. The molecule has 7 nitrogen and oxygen atoms in total. The quantitative estimate of drug-likeness (QED) is 0.618. The van der Waals surface area contributed by atoms with Crippen LogP contribution in [-0.2, 0) is 15.1 Å². The van der Waals surface area contributed by atoms with E-state index in [4.69, 9.17) is 0 Å². The number of aromatic nitrogens is 1. The molecular formula is C22H20N4O3S. The van der Waals surface area contributed by atoms with Crippen LogP contribution in [0, 0.1) is 6.92 Å². The van der Waals surface area contributed by atoms with Gasteiger partial charge in [-0.2, -0.15) is 0 Å². The molecule has 3 aromatic rings. The van der Waals surface area contributed by atoms with Gasteiger partial charge in [0.2, 0.25) is 5.91 Å². The van der Waals surface area contributed by atoms with Gasteiger partial charge in [0.1, 0.15) is 12.1 Å². The number of hydrogen-bond acceptors (Lipinski definition) is 5.